The maximum Gasteiger partial charge on any atom is 0.131 e. The zero-order valence-electron chi connectivity index (χ0n) is 7.58. The number of benzene rings is 1. The zero-order valence-corrected chi connectivity index (χ0v) is 7.58. The molecule has 0 aromatic heterocycles. The smallest absolute Gasteiger partial charge is 0.131 e. The van der Waals surface area contributed by atoms with E-state index in [1.165, 1.54) is 0 Å². The summed E-state index contributed by atoms with van der Waals surface area (Å²) in [6.07, 6.45) is 0. The molecule has 1 aromatic rings. The van der Waals surface area contributed by atoms with Crippen molar-refractivity contribution in [1.29, 1.82) is 0 Å². The summed E-state index contributed by atoms with van der Waals surface area (Å²) < 4.78 is 5.72. The van der Waals surface area contributed by atoms with Gasteiger partial charge in [-0.15, -0.1) is 0 Å². The summed E-state index contributed by atoms with van der Waals surface area (Å²) in [5, 5.41) is 12.2. The fraction of sp³-hybridized carbons (Fsp3) is 0.400. The Morgan fingerprint density at radius 1 is 1.31 bits per heavy atom. The highest BCUT2D eigenvalue weighted by molar-refractivity contribution is 5.30. The normalized spacial score (nSPS) is 19.2. The molecule has 1 heterocycles. The van der Waals surface area contributed by atoms with Crippen LogP contribution >= 0.6 is 0 Å². The molecule has 13 heavy (non-hydrogen) atoms. The van der Waals surface area contributed by atoms with Crippen molar-refractivity contribution in [3.8, 4) is 11.5 Å². The molecule has 0 saturated carbocycles. The molecule has 3 nitrogen and oxygen atoms in total. The maximum absolute atomic E-state index is 9.06. The highest BCUT2D eigenvalue weighted by atomic mass is 16.5. The average molecular weight is 179 g/mol. The molecule has 1 aliphatic heterocycles. The van der Waals surface area contributed by atoms with Gasteiger partial charge in [-0.3, -0.25) is 0 Å². The second-order valence-electron chi connectivity index (χ2n) is 3.65. The van der Waals surface area contributed by atoms with E-state index in [0.717, 1.165) is 18.8 Å². The van der Waals surface area contributed by atoms with Crippen molar-refractivity contribution >= 4 is 0 Å². The molecule has 70 valence electrons. The number of phenols is 1. The molecular weight excluding hydrogens is 166 g/mol. The molecule has 1 fully saturated rings. The molecule has 1 aliphatic rings. The van der Waals surface area contributed by atoms with E-state index in [9.17, 15) is 0 Å². The zero-order chi connectivity index (χ0) is 9.31. The van der Waals surface area contributed by atoms with Gasteiger partial charge in [-0.1, -0.05) is 0 Å². The molecule has 0 aliphatic carbocycles. The Morgan fingerprint density at radius 3 is 2.38 bits per heavy atom. The predicted octanol–water partition coefficient (Wildman–Crippen LogP) is 1.13. The van der Waals surface area contributed by atoms with Crippen LogP contribution in [0.5, 0.6) is 11.5 Å². The van der Waals surface area contributed by atoms with Crippen LogP contribution in [0.25, 0.3) is 0 Å². The van der Waals surface area contributed by atoms with E-state index in [4.69, 9.17) is 9.84 Å². The quantitative estimate of drug-likeness (QED) is 0.715. The summed E-state index contributed by atoms with van der Waals surface area (Å²) >= 11 is 0. The number of hydrogen-bond donors (Lipinski definition) is 2. The first-order valence-corrected chi connectivity index (χ1v) is 4.37. The fourth-order valence-corrected chi connectivity index (χ4v) is 1.35. The molecule has 0 atom stereocenters. The van der Waals surface area contributed by atoms with Crippen LogP contribution in [-0.4, -0.2) is 23.8 Å². The first kappa shape index (κ1) is 8.38. The largest absolute Gasteiger partial charge is 0.508 e. The summed E-state index contributed by atoms with van der Waals surface area (Å²) in [6, 6.07) is 6.81. The summed E-state index contributed by atoms with van der Waals surface area (Å²) in [5.41, 5.74) is -0.0724. The van der Waals surface area contributed by atoms with Gasteiger partial charge < -0.3 is 15.2 Å². The molecular formula is C10H13NO2. The first-order valence-electron chi connectivity index (χ1n) is 4.37. The topological polar surface area (TPSA) is 41.5 Å². The lowest BCUT2D eigenvalue weighted by atomic mass is 10.00. The third-order valence-electron chi connectivity index (χ3n) is 2.20. The lowest BCUT2D eigenvalue weighted by Crippen LogP contribution is -2.60. The number of rotatable bonds is 2. The van der Waals surface area contributed by atoms with E-state index in [1.54, 1.807) is 24.3 Å². The van der Waals surface area contributed by atoms with Crippen molar-refractivity contribution < 1.29 is 9.84 Å². The number of phenolic OH excluding ortho intramolecular Hbond substituents is 1. The van der Waals surface area contributed by atoms with Gasteiger partial charge >= 0.3 is 0 Å². The van der Waals surface area contributed by atoms with E-state index >= 15 is 0 Å². The average Bonchev–Trinajstić information content (AvgIpc) is 2.06. The van der Waals surface area contributed by atoms with Crippen LogP contribution in [-0.2, 0) is 0 Å². The Kier molecular flexibility index (Phi) is 1.88. The Balaban J connectivity index is 2.05. The van der Waals surface area contributed by atoms with Crippen LogP contribution in [0.15, 0.2) is 24.3 Å². The van der Waals surface area contributed by atoms with Gasteiger partial charge in [-0.25, -0.2) is 0 Å². The van der Waals surface area contributed by atoms with Crippen LogP contribution in [0.3, 0.4) is 0 Å². The summed E-state index contributed by atoms with van der Waals surface area (Å²) in [4.78, 5) is 0. The molecule has 1 aromatic carbocycles. The molecule has 2 rings (SSSR count). The van der Waals surface area contributed by atoms with E-state index in [2.05, 4.69) is 12.2 Å². The van der Waals surface area contributed by atoms with Crippen molar-refractivity contribution in [2.24, 2.45) is 0 Å². The Morgan fingerprint density at radius 2 is 1.92 bits per heavy atom. The molecule has 0 spiro atoms. The van der Waals surface area contributed by atoms with Crippen LogP contribution in [0, 0.1) is 0 Å². The number of aromatic hydroxyl groups is 1. The summed E-state index contributed by atoms with van der Waals surface area (Å²) in [5.74, 6) is 1.08. The van der Waals surface area contributed by atoms with E-state index < -0.39 is 0 Å². The fourth-order valence-electron chi connectivity index (χ4n) is 1.35. The third kappa shape index (κ3) is 1.75. The highest BCUT2D eigenvalue weighted by Crippen LogP contribution is 2.23. The van der Waals surface area contributed by atoms with Gasteiger partial charge in [-0.2, -0.15) is 0 Å². The second-order valence-corrected chi connectivity index (χ2v) is 3.65. The minimum absolute atomic E-state index is 0.0724. The van der Waals surface area contributed by atoms with Crippen LogP contribution < -0.4 is 10.1 Å². The second kappa shape index (κ2) is 2.92. The van der Waals surface area contributed by atoms with Gasteiger partial charge in [0.05, 0.1) is 0 Å². The summed E-state index contributed by atoms with van der Waals surface area (Å²) in [7, 11) is 0. The Labute approximate surface area is 77.3 Å². The number of nitrogens with one attached hydrogen (secondary N) is 1. The van der Waals surface area contributed by atoms with Gasteiger partial charge in [0.2, 0.25) is 0 Å². The van der Waals surface area contributed by atoms with Gasteiger partial charge in [0.25, 0.3) is 0 Å². The van der Waals surface area contributed by atoms with E-state index in [0.29, 0.717) is 0 Å². The van der Waals surface area contributed by atoms with Crippen molar-refractivity contribution in [3.05, 3.63) is 24.3 Å². The molecule has 0 bridgehead atoms. The molecule has 0 amide bonds. The lowest BCUT2D eigenvalue weighted by molar-refractivity contribution is 0.0348. The molecule has 0 unspecified atom stereocenters. The van der Waals surface area contributed by atoms with E-state index in [1.807, 2.05) is 0 Å². The number of hydrogen-bond acceptors (Lipinski definition) is 3. The van der Waals surface area contributed by atoms with Crippen LogP contribution in [0.4, 0.5) is 0 Å². The Bertz CT molecular complexity index is 290. The molecule has 2 N–H and O–H groups in total. The van der Waals surface area contributed by atoms with E-state index in [-0.39, 0.29) is 11.4 Å². The Hall–Kier alpha value is -1.22. The minimum atomic E-state index is -0.0724. The van der Waals surface area contributed by atoms with Gasteiger partial charge in [0.1, 0.15) is 17.1 Å². The van der Waals surface area contributed by atoms with Gasteiger partial charge in [-0.05, 0) is 31.2 Å². The maximum atomic E-state index is 9.06. The number of ether oxygens (including phenoxy) is 1. The van der Waals surface area contributed by atoms with Crippen molar-refractivity contribution in [3.63, 3.8) is 0 Å². The minimum Gasteiger partial charge on any atom is -0.508 e. The third-order valence-corrected chi connectivity index (χ3v) is 2.20. The van der Waals surface area contributed by atoms with Crippen LogP contribution in [0.2, 0.25) is 0 Å². The van der Waals surface area contributed by atoms with Crippen molar-refractivity contribution in [2.45, 2.75) is 12.5 Å². The van der Waals surface area contributed by atoms with Crippen LogP contribution in [0.1, 0.15) is 6.92 Å². The first-order chi connectivity index (χ1) is 6.18. The lowest BCUT2D eigenvalue weighted by Gasteiger charge is -2.39. The standard InChI is InChI=1S/C10H13NO2/c1-10(6-11-7-10)13-9-4-2-8(12)3-5-9/h2-5,11-12H,6-7H2,1H3. The van der Waals surface area contributed by atoms with Crippen molar-refractivity contribution in [2.75, 3.05) is 13.1 Å². The molecule has 0 radical (unpaired) electrons. The SMILES string of the molecule is CC1(Oc2ccc(O)cc2)CNC1. The van der Waals surface area contributed by atoms with Crippen molar-refractivity contribution in [1.82, 2.24) is 5.32 Å². The van der Waals surface area contributed by atoms with Gasteiger partial charge in [0, 0.05) is 13.1 Å². The highest BCUT2D eigenvalue weighted by Gasteiger charge is 2.33. The summed E-state index contributed by atoms with van der Waals surface area (Å²) in [6.45, 7) is 3.83. The monoisotopic (exact) mass is 179 g/mol. The predicted molar refractivity (Wildman–Crippen MR) is 50.0 cm³/mol. The molecule has 3 heteroatoms. The van der Waals surface area contributed by atoms with Gasteiger partial charge in [0.15, 0.2) is 0 Å². The molecule has 1 saturated heterocycles.